The Morgan fingerprint density at radius 2 is 2.09 bits per heavy atom. The lowest BCUT2D eigenvalue weighted by atomic mass is 10.0. The van der Waals surface area contributed by atoms with E-state index in [1.54, 1.807) is 0 Å². The molecule has 0 spiro atoms. The molecule has 0 bridgehead atoms. The molecule has 0 heterocycles. The maximum absolute atomic E-state index is 11.9. The predicted octanol–water partition coefficient (Wildman–Crippen LogP) is 4.21. The number of carbonyl (C=O) groups excluding carboxylic acids is 1. The summed E-state index contributed by atoms with van der Waals surface area (Å²) in [7, 11) is 0. The van der Waals surface area contributed by atoms with Crippen LogP contribution in [0.5, 0.6) is 5.75 Å². The number of hydrogen-bond donors (Lipinski definition) is 1. The minimum absolute atomic E-state index is 0.0455. The van der Waals surface area contributed by atoms with Crippen LogP contribution in [0.1, 0.15) is 19.3 Å². The van der Waals surface area contributed by atoms with Crippen molar-refractivity contribution in [2.45, 2.75) is 25.3 Å². The van der Waals surface area contributed by atoms with Crippen LogP contribution < -0.4 is 10.1 Å². The molecule has 2 aromatic carbocycles. The molecule has 3 nitrogen and oxygen atoms in total. The Balaban J connectivity index is 1.59. The van der Waals surface area contributed by atoms with E-state index in [1.807, 2.05) is 36.4 Å². The molecule has 0 aliphatic heterocycles. The van der Waals surface area contributed by atoms with Gasteiger partial charge in [0.25, 0.3) is 5.91 Å². The van der Waals surface area contributed by atoms with E-state index in [0.717, 1.165) is 34.5 Å². The van der Waals surface area contributed by atoms with Crippen molar-refractivity contribution in [3.8, 4) is 5.75 Å². The van der Waals surface area contributed by atoms with Crippen molar-refractivity contribution < 1.29 is 9.53 Å². The molecule has 0 aromatic heterocycles. The summed E-state index contributed by atoms with van der Waals surface area (Å²) in [5, 5.41) is 5.21. The average molecular weight is 360 g/mol. The normalized spacial score (nSPS) is 17.4. The highest BCUT2D eigenvalue weighted by molar-refractivity contribution is 9.10. The van der Waals surface area contributed by atoms with Gasteiger partial charge in [-0.2, -0.15) is 0 Å². The molecule has 22 heavy (non-hydrogen) atoms. The standard InChI is InChI=1S/C18H18BrNO2/c19-15-8-6-13-7-9-17(11-14(13)10-15)22-12-18(21)20-16-4-2-1-3-5-16/h2,4,6-11,16H,1,3,5,12H2,(H,20,21). The van der Waals surface area contributed by atoms with Crippen LogP contribution in [-0.2, 0) is 4.79 Å². The van der Waals surface area contributed by atoms with Crippen molar-refractivity contribution in [2.75, 3.05) is 6.61 Å². The van der Waals surface area contributed by atoms with Gasteiger partial charge in [0.05, 0.1) is 0 Å². The maximum atomic E-state index is 11.9. The Morgan fingerprint density at radius 3 is 2.91 bits per heavy atom. The van der Waals surface area contributed by atoms with E-state index in [4.69, 9.17) is 4.74 Å². The van der Waals surface area contributed by atoms with Gasteiger partial charge in [0, 0.05) is 10.5 Å². The fraction of sp³-hybridized carbons (Fsp3) is 0.278. The van der Waals surface area contributed by atoms with Crippen LogP contribution in [0.4, 0.5) is 0 Å². The molecule has 0 saturated heterocycles. The van der Waals surface area contributed by atoms with Gasteiger partial charge in [-0.3, -0.25) is 4.79 Å². The molecule has 1 atom stereocenters. The monoisotopic (exact) mass is 359 g/mol. The van der Waals surface area contributed by atoms with Crippen LogP contribution in [0, 0.1) is 0 Å². The molecular formula is C18H18BrNO2. The molecular weight excluding hydrogens is 342 g/mol. The Kier molecular flexibility index (Phi) is 4.78. The number of ether oxygens (including phenoxy) is 1. The lowest BCUT2D eigenvalue weighted by Crippen LogP contribution is -2.37. The molecule has 1 aliphatic rings. The molecule has 1 N–H and O–H groups in total. The molecule has 0 saturated carbocycles. The number of nitrogens with one attached hydrogen (secondary N) is 1. The highest BCUT2D eigenvalue weighted by Gasteiger charge is 2.12. The molecule has 0 fully saturated rings. The quantitative estimate of drug-likeness (QED) is 0.830. The second kappa shape index (κ2) is 6.97. The van der Waals surface area contributed by atoms with E-state index >= 15 is 0 Å². The van der Waals surface area contributed by atoms with Gasteiger partial charge >= 0.3 is 0 Å². The number of halogens is 1. The van der Waals surface area contributed by atoms with Crippen LogP contribution in [0.2, 0.25) is 0 Å². The lowest BCUT2D eigenvalue weighted by molar-refractivity contribution is -0.123. The van der Waals surface area contributed by atoms with E-state index in [-0.39, 0.29) is 18.6 Å². The van der Waals surface area contributed by atoms with Crippen molar-refractivity contribution in [1.29, 1.82) is 0 Å². The van der Waals surface area contributed by atoms with E-state index in [9.17, 15) is 4.79 Å². The zero-order valence-corrected chi connectivity index (χ0v) is 13.8. The summed E-state index contributed by atoms with van der Waals surface area (Å²) in [6.45, 7) is 0.0455. The number of rotatable bonds is 4. The number of carbonyl (C=O) groups is 1. The topological polar surface area (TPSA) is 38.3 Å². The maximum Gasteiger partial charge on any atom is 0.258 e. The van der Waals surface area contributed by atoms with E-state index < -0.39 is 0 Å². The highest BCUT2D eigenvalue weighted by Crippen LogP contribution is 2.24. The van der Waals surface area contributed by atoms with Crippen LogP contribution >= 0.6 is 15.9 Å². The van der Waals surface area contributed by atoms with Crippen molar-refractivity contribution >= 4 is 32.6 Å². The zero-order valence-electron chi connectivity index (χ0n) is 12.2. The lowest BCUT2D eigenvalue weighted by Gasteiger charge is -2.18. The summed E-state index contributed by atoms with van der Waals surface area (Å²) >= 11 is 3.46. The molecule has 2 aromatic rings. The average Bonchev–Trinajstić information content (AvgIpc) is 2.53. The largest absolute Gasteiger partial charge is 0.484 e. The molecule has 3 rings (SSSR count). The Hall–Kier alpha value is -1.81. The molecule has 1 aliphatic carbocycles. The van der Waals surface area contributed by atoms with Crippen LogP contribution in [-0.4, -0.2) is 18.6 Å². The van der Waals surface area contributed by atoms with Crippen molar-refractivity contribution in [1.82, 2.24) is 5.32 Å². The van der Waals surface area contributed by atoms with Gasteiger partial charge < -0.3 is 10.1 Å². The number of benzene rings is 2. The van der Waals surface area contributed by atoms with Gasteiger partial charge in [0.1, 0.15) is 5.75 Å². The van der Waals surface area contributed by atoms with Crippen LogP contribution in [0.3, 0.4) is 0 Å². The van der Waals surface area contributed by atoms with Gasteiger partial charge in [-0.15, -0.1) is 0 Å². The first kappa shape index (κ1) is 15.1. The Bertz CT molecular complexity index is 711. The first-order chi connectivity index (χ1) is 10.7. The third kappa shape index (κ3) is 3.89. The van der Waals surface area contributed by atoms with Gasteiger partial charge in [-0.05, 0) is 54.3 Å². The molecule has 114 valence electrons. The predicted molar refractivity (Wildman–Crippen MR) is 92.1 cm³/mol. The molecule has 1 unspecified atom stereocenters. The van der Waals surface area contributed by atoms with Gasteiger partial charge in [-0.1, -0.05) is 40.2 Å². The van der Waals surface area contributed by atoms with Gasteiger partial charge in [-0.25, -0.2) is 0 Å². The van der Waals surface area contributed by atoms with Crippen molar-refractivity contribution in [3.05, 3.63) is 53.0 Å². The van der Waals surface area contributed by atoms with Crippen molar-refractivity contribution in [3.63, 3.8) is 0 Å². The van der Waals surface area contributed by atoms with E-state index in [2.05, 4.69) is 33.4 Å². The zero-order chi connectivity index (χ0) is 15.4. The second-order valence-electron chi connectivity index (χ2n) is 5.48. The summed E-state index contributed by atoms with van der Waals surface area (Å²) in [6, 6.07) is 12.1. The summed E-state index contributed by atoms with van der Waals surface area (Å²) in [5.74, 6) is 0.630. The smallest absolute Gasteiger partial charge is 0.258 e. The Labute approximate surface area is 138 Å². The van der Waals surface area contributed by atoms with Gasteiger partial charge in [0.2, 0.25) is 0 Å². The number of fused-ring (bicyclic) bond motifs is 1. The number of amides is 1. The summed E-state index contributed by atoms with van der Waals surface area (Å²) in [6.07, 6.45) is 7.43. The van der Waals surface area contributed by atoms with Crippen LogP contribution in [0.15, 0.2) is 53.0 Å². The summed E-state index contributed by atoms with van der Waals surface area (Å²) in [4.78, 5) is 11.9. The van der Waals surface area contributed by atoms with E-state index in [1.165, 1.54) is 0 Å². The van der Waals surface area contributed by atoms with Gasteiger partial charge in [0.15, 0.2) is 6.61 Å². The number of allylic oxidation sites excluding steroid dienone is 1. The third-order valence-electron chi connectivity index (χ3n) is 3.74. The van der Waals surface area contributed by atoms with Crippen LogP contribution in [0.25, 0.3) is 10.8 Å². The third-order valence-corrected chi connectivity index (χ3v) is 4.24. The molecule has 1 amide bonds. The van der Waals surface area contributed by atoms with Crippen molar-refractivity contribution in [2.24, 2.45) is 0 Å². The molecule has 0 radical (unpaired) electrons. The minimum atomic E-state index is -0.0779. The second-order valence-corrected chi connectivity index (χ2v) is 6.39. The fourth-order valence-electron chi connectivity index (χ4n) is 2.62. The first-order valence-electron chi connectivity index (χ1n) is 7.49. The summed E-state index contributed by atoms with van der Waals surface area (Å²) < 4.78 is 6.63. The number of hydrogen-bond acceptors (Lipinski definition) is 2. The fourth-order valence-corrected chi connectivity index (χ4v) is 2.99. The highest BCUT2D eigenvalue weighted by atomic mass is 79.9. The first-order valence-corrected chi connectivity index (χ1v) is 8.28. The molecule has 4 heteroatoms. The minimum Gasteiger partial charge on any atom is -0.484 e. The summed E-state index contributed by atoms with van der Waals surface area (Å²) in [5.41, 5.74) is 0. The SMILES string of the molecule is O=C(COc1ccc2ccc(Br)cc2c1)NC1C=CCCC1. The Morgan fingerprint density at radius 1 is 1.23 bits per heavy atom. The van der Waals surface area contributed by atoms with E-state index in [0.29, 0.717) is 5.75 Å².